The first kappa shape index (κ1) is 13.1. The molecule has 0 aliphatic heterocycles. The lowest BCUT2D eigenvalue weighted by atomic mass is 9.97. The van der Waals surface area contributed by atoms with Gasteiger partial charge in [0, 0.05) is 12.6 Å². The van der Waals surface area contributed by atoms with Crippen LogP contribution in [-0.4, -0.2) is 6.04 Å². The third-order valence-electron chi connectivity index (χ3n) is 4.01. The molecular formula is C16H22N2. The van der Waals surface area contributed by atoms with Crippen LogP contribution in [-0.2, 0) is 6.54 Å². The van der Waals surface area contributed by atoms with Crippen molar-refractivity contribution in [2.45, 2.75) is 51.6 Å². The number of nitriles is 1. The third-order valence-corrected chi connectivity index (χ3v) is 4.01. The molecule has 2 heteroatoms. The van der Waals surface area contributed by atoms with Crippen molar-refractivity contribution in [2.75, 3.05) is 0 Å². The standard InChI is InChI=1S/C16H22N2/c1-13-5-3-2-4-6-16(13)18-12-15-9-7-14(11-17)8-10-15/h7-10,13,16,18H,2-6,12H2,1H3. The molecule has 2 unspecified atom stereocenters. The molecule has 0 saturated heterocycles. The van der Waals surface area contributed by atoms with E-state index in [0.29, 0.717) is 6.04 Å². The van der Waals surface area contributed by atoms with E-state index >= 15 is 0 Å². The summed E-state index contributed by atoms with van der Waals surface area (Å²) in [6.07, 6.45) is 6.79. The van der Waals surface area contributed by atoms with E-state index in [-0.39, 0.29) is 0 Å². The molecular weight excluding hydrogens is 220 g/mol. The first-order chi connectivity index (χ1) is 8.79. The maximum absolute atomic E-state index is 8.76. The van der Waals surface area contributed by atoms with Crippen LogP contribution in [0.4, 0.5) is 0 Å². The number of hydrogen-bond acceptors (Lipinski definition) is 2. The zero-order valence-corrected chi connectivity index (χ0v) is 11.2. The van der Waals surface area contributed by atoms with Gasteiger partial charge in [0.1, 0.15) is 0 Å². The Morgan fingerprint density at radius 2 is 1.89 bits per heavy atom. The van der Waals surface area contributed by atoms with E-state index in [2.05, 4.69) is 18.3 Å². The van der Waals surface area contributed by atoms with Crippen LogP contribution in [0.1, 0.15) is 50.2 Å². The quantitative estimate of drug-likeness (QED) is 0.822. The minimum Gasteiger partial charge on any atom is -0.310 e. The van der Waals surface area contributed by atoms with Crippen molar-refractivity contribution in [2.24, 2.45) is 5.92 Å². The zero-order chi connectivity index (χ0) is 12.8. The van der Waals surface area contributed by atoms with Gasteiger partial charge in [-0.3, -0.25) is 0 Å². The number of benzene rings is 1. The molecule has 0 bridgehead atoms. The molecule has 1 N–H and O–H groups in total. The van der Waals surface area contributed by atoms with Gasteiger partial charge >= 0.3 is 0 Å². The van der Waals surface area contributed by atoms with E-state index in [0.717, 1.165) is 18.0 Å². The summed E-state index contributed by atoms with van der Waals surface area (Å²) in [5.74, 6) is 0.783. The van der Waals surface area contributed by atoms with Crippen LogP contribution in [0.25, 0.3) is 0 Å². The molecule has 18 heavy (non-hydrogen) atoms. The Morgan fingerprint density at radius 3 is 2.61 bits per heavy atom. The van der Waals surface area contributed by atoms with Gasteiger partial charge in [0.2, 0.25) is 0 Å². The second-order valence-electron chi connectivity index (χ2n) is 5.41. The molecule has 2 nitrogen and oxygen atoms in total. The Bertz CT molecular complexity index is 402. The van der Waals surface area contributed by atoms with Gasteiger partial charge in [-0.2, -0.15) is 5.26 Å². The maximum Gasteiger partial charge on any atom is 0.0991 e. The van der Waals surface area contributed by atoms with Crippen molar-refractivity contribution >= 4 is 0 Å². The van der Waals surface area contributed by atoms with Crippen LogP contribution in [0.15, 0.2) is 24.3 Å². The topological polar surface area (TPSA) is 35.8 Å². The van der Waals surface area contributed by atoms with Gasteiger partial charge < -0.3 is 5.32 Å². The smallest absolute Gasteiger partial charge is 0.0991 e. The van der Waals surface area contributed by atoms with E-state index in [1.54, 1.807) is 0 Å². The molecule has 1 aromatic carbocycles. The lowest BCUT2D eigenvalue weighted by molar-refractivity contribution is 0.356. The van der Waals surface area contributed by atoms with Gasteiger partial charge in [-0.1, -0.05) is 38.3 Å². The molecule has 0 radical (unpaired) electrons. The van der Waals surface area contributed by atoms with E-state index in [1.807, 2.05) is 24.3 Å². The third kappa shape index (κ3) is 3.58. The van der Waals surface area contributed by atoms with Crippen LogP contribution in [0.2, 0.25) is 0 Å². The molecule has 1 fully saturated rings. The molecule has 1 saturated carbocycles. The summed E-state index contributed by atoms with van der Waals surface area (Å²) in [6.45, 7) is 3.28. The minimum atomic E-state index is 0.656. The summed E-state index contributed by atoms with van der Waals surface area (Å²) < 4.78 is 0. The lowest BCUT2D eigenvalue weighted by Crippen LogP contribution is -2.33. The molecule has 0 heterocycles. The van der Waals surface area contributed by atoms with Gasteiger partial charge in [-0.15, -0.1) is 0 Å². The Labute approximate surface area is 110 Å². The van der Waals surface area contributed by atoms with Crippen molar-refractivity contribution in [1.82, 2.24) is 5.32 Å². The number of hydrogen-bond donors (Lipinski definition) is 1. The molecule has 2 rings (SSSR count). The summed E-state index contributed by atoms with van der Waals surface area (Å²) in [5.41, 5.74) is 2.01. The Kier molecular flexibility index (Phi) is 4.78. The minimum absolute atomic E-state index is 0.656. The molecule has 0 aromatic heterocycles. The average Bonchev–Trinajstić information content (AvgIpc) is 2.62. The largest absolute Gasteiger partial charge is 0.310 e. The highest BCUT2D eigenvalue weighted by Crippen LogP contribution is 2.23. The fourth-order valence-corrected chi connectivity index (χ4v) is 2.74. The number of nitrogens with zero attached hydrogens (tertiary/aromatic N) is 1. The summed E-state index contributed by atoms with van der Waals surface area (Å²) >= 11 is 0. The van der Waals surface area contributed by atoms with Crippen LogP contribution in [0.3, 0.4) is 0 Å². The first-order valence-electron chi connectivity index (χ1n) is 7.02. The molecule has 2 atom stereocenters. The molecule has 1 aliphatic carbocycles. The maximum atomic E-state index is 8.76. The summed E-state index contributed by atoms with van der Waals surface area (Å²) in [6, 6.07) is 10.7. The highest BCUT2D eigenvalue weighted by Gasteiger charge is 2.18. The van der Waals surface area contributed by atoms with Gasteiger partial charge in [0.15, 0.2) is 0 Å². The predicted octanol–water partition coefficient (Wildman–Crippen LogP) is 3.62. The van der Waals surface area contributed by atoms with Crippen molar-refractivity contribution in [3.05, 3.63) is 35.4 Å². The predicted molar refractivity (Wildman–Crippen MR) is 74.0 cm³/mol. The van der Waals surface area contributed by atoms with Crippen molar-refractivity contribution < 1.29 is 0 Å². The monoisotopic (exact) mass is 242 g/mol. The summed E-state index contributed by atoms with van der Waals surface area (Å²) in [5, 5.41) is 12.4. The van der Waals surface area contributed by atoms with Crippen molar-refractivity contribution in [1.29, 1.82) is 5.26 Å². The van der Waals surface area contributed by atoms with Gasteiger partial charge in [0.25, 0.3) is 0 Å². The highest BCUT2D eigenvalue weighted by atomic mass is 14.9. The van der Waals surface area contributed by atoms with E-state index in [9.17, 15) is 0 Å². The molecule has 1 aromatic rings. The molecule has 0 amide bonds. The average molecular weight is 242 g/mol. The lowest BCUT2D eigenvalue weighted by Gasteiger charge is -2.23. The van der Waals surface area contributed by atoms with Crippen LogP contribution < -0.4 is 5.32 Å². The second kappa shape index (κ2) is 6.56. The van der Waals surface area contributed by atoms with Gasteiger partial charge in [-0.05, 0) is 36.5 Å². The Morgan fingerprint density at radius 1 is 1.17 bits per heavy atom. The summed E-state index contributed by atoms with van der Waals surface area (Å²) in [4.78, 5) is 0. The Hall–Kier alpha value is -1.33. The summed E-state index contributed by atoms with van der Waals surface area (Å²) in [7, 11) is 0. The zero-order valence-electron chi connectivity index (χ0n) is 11.2. The molecule has 96 valence electrons. The first-order valence-corrected chi connectivity index (χ1v) is 7.02. The van der Waals surface area contributed by atoms with E-state index < -0.39 is 0 Å². The fraction of sp³-hybridized carbons (Fsp3) is 0.562. The highest BCUT2D eigenvalue weighted by molar-refractivity contribution is 5.31. The fourth-order valence-electron chi connectivity index (χ4n) is 2.74. The molecule has 0 spiro atoms. The van der Waals surface area contributed by atoms with Crippen LogP contribution >= 0.6 is 0 Å². The number of rotatable bonds is 3. The Balaban J connectivity index is 1.87. The van der Waals surface area contributed by atoms with Crippen molar-refractivity contribution in [3.63, 3.8) is 0 Å². The van der Waals surface area contributed by atoms with E-state index in [1.165, 1.54) is 37.7 Å². The number of nitrogens with one attached hydrogen (secondary N) is 1. The van der Waals surface area contributed by atoms with Gasteiger partial charge in [0.05, 0.1) is 11.6 Å². The second-order valence-corrected chi connectivity index (χ2v) is 5.41. The SMILES string of the molecule is CC1CCCCCC1NCc1ccc(C#N)cc1. The normalized spacial score (nSPS) is 24.2. The van der Waals surface area contributed by atoms with Crippen LogP contribution in [0, 0.1) is 17.2 Å². The van der Waals surface area contributed by atoms with Crippen LogP contribution in [0.5, 0.6) is 0 Å². The van der Waals surface area contributed by atoms with Crippen molar-refractivity contribution in [3.8, 4) is 6.07 Å². The molecule has 1 aliphatic rings. The van der Waals surface area contributed by atoms with Gasteiger partial charge in [-0.25, -0.2) is 0 Å². The van der Waals surface area contributed by atoms with E-state index in [4.69, 9.17) is 5.26 Å².